The molecule has 2 heterocycles. The fraction of sp³-hybridized carbons (Fsp3) is 0.690. The quantitative estimate of drug-likeness (QED) is 0.202. The highest BCUT2D eigenvalue weighted by Crippen LogP contribution is 2.30. The molecule has 2 aromatic rings. The molecule has 1 aromatic heterocycles. The summed E-state index contributed by atoms with van der Waals surface area (Å²) in [5.41, 5.74) is 2.02. The molecular formula is C42H68N6O6. The number of nitrogens with one attached hydrogen (secondary N) is 2. The number of methoxy groups -OCH3 is 2. The zero-order chi connectivity index (χ0) is 40.3. The number of fused-ring (bicyclic) bond motifs is 1. The largest absolute Gasteiger partial charge is 0.379 e. The molecule has 54 heavy (non-hydrogen) atoms. The normalized spacial score (nSPS) is 18.6. The van der Waals surface area contributed by atoms with Gasteiger partial charge in [0.25, 0.3) is 0 Å². The number of carbonyl (C=O) groups is 4. The number of aromatic nitrogens is 1. The van der Waals surface area contributed by atoms with Crippen LogP contribution < -0.4 is 10.6 Å². The lowest BCUT2D eigenvalue weighted by Gasteiger charge is -2.41. The van der Waals surface area contributed by atoms with E-state index in [0.717, 1.165) is 35.7 Å². The topological polar surface area (TPSA) is 133 Å². The Bertz CT molecular complexity index is 1530. The maximum Gasteiger partial charge on any atom is 0.245 e. The molecule has 1 aliphatic heterocycles. The minimum Gasteiger partial charge on any atom is -0.379 e. The molecule has 1 saturated heterocycles. The first-order valence-electron chi connectivity index (χ1n) is 19.8. The lowest BCUT2D eigenvalue weighted by atomic mass is 9.89. The molecule has 1 aliphatic rings. The minimum absolute atomic E-state index is 0.00101. The number of benzene rings is 1. The molecule has 8 atom stereocenters. The first kappa shape index (κ1) is 44.8. The minimum atomic E-state index is -0.744. The van der Waals surface area contributed by atoms with E-state index < -0.39 is 30.2 Å². The number of likely N-dealkylation sites (N-methyl/N-ethyl adjacent to an activating group) is 2. The predicted molar refractivity (Wildman–Crippen MR) is 214 cm³/mol. The van der Waals surface area contributed by atoms with E-state index in [1.165, 1.54) is 0 Å². The molecule has 1 fully saturated rings. The van der Waals surface area contributed by atoms with E-state index in [1.807, 2.05) is 82.8 Å². The number of pyridine rings is 1. The van der Waals surface area contributed by atoms with E-state index in [-0.39, 0.29) is 59.9 Å². The molecule has 0 unspecified atom stereocenters. The second kappa shape index (κ2) is 20.9. The van der Waals surface area contributed by atoms with Gasteiger partial charge in [0.15, 0.2) is 0 Å². The van der Waals surface area contributed by atoms with Gasteiger partial charge in [0, 0.05) is 45.9 Å². The van der Waals surface area contributed by atoms with Crippen LogP contribution in [0.2, 0.25) is 0 Å². The van der Waals surface area contributed by atoms with Crippen LogP contribution in [0, 0.1) is 23.7 Å². The molecule has 4 amide bonds. The monoisotopic (exact) mass is 753 g/mol. The Morgan fingerprint density at radius 2 is 1.67 bits per heavy atom. The number of amides is 4. The van der Waals surface area contributed by atoms with E-state index in [1.54, 1.807) is 32.4 Å². The van der Waals surface area contributed by atoms with Gasteiger partial charge in [0.05, 0.1) is 48.2 Å². The lowest BCUT2D eigenvalue weighted by molar-refractivity contribution is -0.148. The Morgan fingerprint density at radius 3 is 2.26 bits per heavy atom. The number of hydrogen-bond acceptors (Lipinski definition) is 8. The zero-order valence-electron chi connectivity index (χ0n) is 34.9. The van der Waals surface area contributed by atoms with Gasteiger partial charge < -0.3 is 29.9 Å². The smallest absolute Gasteiger partial charge is 0.245 e. The summed E-state index contributed by atoms with van der Waals surface area (Å²) in [6.07, 6.45) is 3.69. The van der Waals surface area contributed by atoms with Crippen molar-refractivity contribution in [2.24, 2.45) is 23.7 Å². The van der Waals surface area contributed by atoms with E-state index in [2.05, 4.69) is 35.5 Å². The number of nitrogens with zero attached hydrogens (tertiary/aromatic N) is 4. The van der Waals surface area contributed by atoms with Gasteiger partial charge in [-0.05, 0) is 68.8 Å². The summed E-state index contributed by atoms with van der Waals surface area (Å²) in [5.74, 6) is -1.22. The van der Waals surface area contributed by atoms with Gasteiger partial charge in [-0.25, -0.2) is 0 Å². The number of rotatable bonds is 20. The van der Waals surface area contributed by atoms with E-state index in [9.17, 15) is 19.2 Å². The first-order valence-corrected chi connectivity index (χ1v) is 19.8. The SMILES string of the molecule is CC[C@H](C)[C@@H]([C@@H](CC(=O)N1CCC[C@H]1[C@H](OC)[C@@H](C)C(=O)NCCc1ccc2cccnc2c1)OC)N(C)C(=O)[C@@H](NC(=O)[C@H](C(C)C)N(C)C)C(C)C. The maximum atomic E-state index is 14.2. The average Bonchev–Trinajstić information content (AvgIpc) is 3.62. The van der Waals surface area contributed by atoms with Crippen molar-refractivity contribution in [1.82, 2.24) is 30.3 Å². The van der Waals surface area contributed by atoms with E-state index >= 15 is 0 Å². The zero-order valence-corrected chi connectivity index (χ0v) is 34.9. The van der Waals surface area contributed by atoms with Crippen molar-refractivity contribution in [3.8, 4) is 0 Å². The Hall–Kier alpha value is -3.61. The summed E-state index contributed by atoms with van der Waals surface area (Å²) in [7, 11) is 8.66. The van der Waals surface area contributed by atoms with Crippen molar-refractivity contribution >= 4 is 34.5 Å². The highest BCUT2D eigenvalue weighted by atomic mass is 16.5. The van der Waals surface area contributed by atoms with Gasteiger partial charge in [-0.2, -0.15) is 0 Å². The van der Waals surface area contributed by atoms with Crippen LogP contribution in [0.1, 0.15) is 79.7 Å². The van der Waals surface area contributed by atoms with Gasteiger partial charge in [-0.1, -0.05) is 73.1 Å². The highest BCUT2D eigenvalue weighted by molar-refractivity contribution is 5.90. The van der Waals surface area contributed by atoms with Crippen molar-refractivity contribution in [3.63, 3.8) is 0 Å². The lowest BCUT2D eigenvalue weighted by Crippen LogP contribution is -2.59. The molecule has 0 bridgehead atoms. The van der Waals surface area contributed by atoms with Crippen LogP contribution in [-0.4, -0.2) is 128 Å². The fourth-order valence-corrected chi connectivity index (χ4v) is 8.17. The molecule has 0 spiro atoms. The fourth-order valence-electron chi connectivity index (χ4n) is 8.17. The first-order chi connectivity index (χ1) is 25.6. The van der Waals surface area contributed by atoms with E-state index in [4.69, 9.17) is 9.47 Å². The molecule has 12 nitrogen and oxygen atoms in total. The third-order valence-corrected chi connectivity index (χ3v) is 11.3. The molecular weight excluding hydrogens is 684 g/mol. The van der Waals surface area contributed by atoms with Crippen LogP contribution in [0.5, 0.6) is 0 Å². The molecule has 1 aromatic carbocycles. The number of ether oxygens (including phenoxy) is 2. The average molecular weight is 753 g/mol. The Kier molecular flexibility index (Phi) is 17.3. The van der Waals surface area contributed by atoms with Crippen molar-refractivity contribution in [3.05, 3.63) is 42.1 Å². The van der Waals surface area contributed by atoms with Crippen LogP contribution in [0.3, 0.4) is 0 Å². The van der Waals surface area contributed by atoms with Gasteiger partial charge in [-0.15, -0.1) is 0 Å². The standard InChI is InChI=1S/C42H68N6O6/c1-13-28(6)38(47(10)42(52)36(26(2)3)45-41(51)37(27(4)5)46(8)9)34(53-11)25-35(49)48-23-15-17-33(48)39(54-12)29(7)40(50)44-22-20-30-18-19-31-16-14-21-43-32(31)24-30/h14,16,18-19,21,24,26-29,33-34,36-39H,13,15,17,20,22-23,25H2,1-12H3,(H,44,50)(H,45,51)/t28-,29+,33-,34+,36-,37-,38-,39+/m0/s1. The summed E-state index contributed by atoms with van der Waals surface area (Å²) in [6, 6.07) is 8.26. The summed E-state index contributed by atoms with van der Waals surface area (Å²) < 4.78 is 12.0. The summed E-state index contributed by atoms with van der Waals surface area (Å²) in [5, 5.41) is 7.20. The van der Waals surface area contributed by atoms with Crippen LogP contribution in [0.15, 0.2) is 36.5 Å². The van der Waals surface area contributed by atoms with Crippen molar-refractivity contribution in [1.29, 1.82) is 0 Å². The van der Waals surface area contributed by atoms with Gasteiger partial charge >= 0.3 is 0 Å². The van der Waals surface area contributed by atoms with E-state index in [0.29, 0.717) is 19.5 Å². The van der Waals surface area contributed by atoms with Crippen LogP contribution in [0.4, 0.5) is 0 Å². The van der Waals surface area contributed by atoms with Gasteiger partial charge in [0.2, 0.25) is 23.6 Å². The summed E-state index contributed by atoms with van der Waals surface area (Å²) in [4.78, 5) is 65.1. The predicted octanol–water partition coefficient (Wildman–Crippen LogP) is 4.54. The Morgan fingerprint density at radius 1 is 0.963 bits per heavy atom. The van der Waals surface area contributed by atoms with Gasteiger partial charge in [0.1, 0.15) is 6.04 Å². The summed E-state index contributed by atoms with van der Waals surface area (Å²) >= 11 is 0. The van der Waals surface area contributed by atoms with Crippen LogP contribution >= 0.6 is 0 Å². The summed E-state index contributed by atoms with van der Waals surface area (Å²) in [6.45, 7) is 14.8. The highest BCUT2D eigenvalue weighted by Gasteiger charge is 2.43. The second-order valence-electron chi connectivity index (χ2n) is 16.0. The van der Waals surface area contributed by atoms with Crippen LogP contribution in [0.25, 0.3) is 10.9 Å². The number of carbonyl (C=O) groups excluding carboxylic acids is 4. The van der Waals surface area contributed by atoms with Gasteiger partial charge in [-0.3, -0.25) is 29.1 Å². The maximum absolute atomic E-state index is 14.2. The Balaban J connectivity index is 1.71. The Labute approximate surface area is 324 Å². The molecule has 302 valence electrons. The number of hydrogen-bond donors (Lipinski definition) is 2. The number of likely N-dealkylation sites (tertiary alicyclic amines) is 1. The molecule has 12 heteroatoms. The molecule has 3 rings (SSSR count). The third-order valence-electron chi connectivity index (χ3n) is 11.3. The van der Waals surface area contributed by atoms with Crippen molar-refractivity contribution in [2.75, 3.05) is 48.5 Å². The molecule has 0 radical (unpaired) electrons. The molecule has 2 N–H and O–H groups in total. The van der Waals surface area contributed by atoms with Crippen molar-refractivity contribution < 1.29 is 28.7 Å². The molecule has 0 saturated carbocycles. The van der Waals surface area contributed by atoms with Crippen molar-refractivity contribution in [2.45, 2.75) is 117 Å². The second-order valence-corrected chi connectivity index (χ2v) is 16.0. The molecule has 0 aliphatic carbocycles. The third kappa shape index (κ3) is 11.2. The van der Waals surface area contributed by atoms with Crippen LogP contribution in [-0.2, 0) is 35.1 Å².